The number of rotatable bonds is 1. The molecule has 74 valence electrons. The van der Waals surface area contributed by atoms with Crippen LogP contribution in [0.2, 0.25) is 0 Å². The Morgan fingerprint density at radius 1 is 0.923 bits per heavy atom. The second kappa shape index (κ2) is 7.72. The Kier molecular flexibility index (Phi) is 8.59. The van der Waals surface area contributed by atoms with Crippen molar-refractivity contribution in [3.05, 3.63) is 35.9 Å². The quantitative estimate of drug-likeness (QED) is 0.480. The molecule has 1 rings (SSSR count). The molecule has 0 N–H and O–H groups in total. The fourth-order valence-corrected chi connectivity index (χ4v) is 0.745. The Hall–Kier alpha value is 1.47. The van der Waals surface area contributed by atoms with E-state index >= 15 is 0 Å². The van der Waals surface area contributed by atoms with Crippen LogP contribution in [0.1, 0.15) is 5.56 Å². The van der Waals surface area contributed by atoms with E-state index in [4.69, 9.17) is 47.3 Å². The molecule has 0 aliphatic rings. The fraction of sp³-hybridized carbons (Fsp3) is 0.143. The normalized spacial score (nSPS) is 10.2. The van der Waals surface area contributed by atoms with E-state index in [0.29, 0.717) is 5.88 Å². The van der Waals surface area contributed by atoms with Crippen LogP contribution in [0.25, 0.3) is 0 Å². The molecule has 0 heterocycles. The van der Waals surface area contributed by atoms with Gasteiger partial charge in [0.2, 0.25) is 0 Å². The van der Waals surface area contributed by atoms with E-state index in [-0.39, 0.29) is 0 Å². The van der Waals surface area contributed by atoms with Gasteiger partial charge < -0.3 is 0 Å². The molecule has 0 aliphatic heterocycles. The Labute approximate surface area is 102 Å². The van der Waals surface area contributed by atoms with Crippen molar-refractivity contribution >= 4 is 61.2 Å². The van der Waals surface area contributed by atoms with Gasteiger partial charge in [-0.3, -0.25) is 0 Å². The van der Waals surface area contributed by atoms with Crippen molar-refractivity contribution in [1.29, 1.82) is 0 Å². The summed E-state index contributed by atoms with van der Waals surface area (Å²) in [6, 6.07) is 9.96. The number of alkyl halides is 1. The molecule has 0 atom stereocenters. The summed E-state index contributed by atoms with van der Waals surface area (Å²) in [4.78, 5) is 0. The zero-order valence-corrected chi connectivity index (χ0v) is 13.1. The van der Waals surface area contributed by atoms with Crippen molar-refractivity contribution in [3.8, 4) is 0 Å². The fourth-order valence-electron chi connectivity index (χ4n) is 0.567. The summed E-state index contributed by atoms with van der Waals surface area (Å²) >= 11 is 2.24. The summed E-state index contributed by atoms with van der Waals surface area (Å²) in [6.07, 6.45) is 0. The van der Waals surface area contributed by atoms with Gasteiger partial charge in [-0.2, -0.15) is 0 Å². The summed E-state index contributed by atoms with van der Waals surface area (Å²) in [6.45, 7) is 0. The molecule has 0 spiro atoms. The topological polar surface area (TPSA) is 0 Å². The number of halogens is 5. The first-order valence-corrected chi connectivity index (χ1v) is 18.3. The zero-order chi connectivity index (χ0) is 10.3. The maximum atomic E-state index is 5.53. The van der Waals surface area contributed by atoms with E-state index in [1.165, 1.54) is 5.56 Å². The van der Waals surface area contributed by atoms with Gasteiger partial charge in [0.25, 0.3) is 0 Å². The molecule has 0 aliphatic carbocycles. The predicted octanol–water partition coefficient (Wildman–Crippen LogP) is 4.80. The van der Waals surface area contributed by atoms with Gasteiger partial charge in [0.15, 0.2) is 0 Å². The molecule has 6 heteroatoms. The van der Waals surface area contributed by atoms with Gasteiger partial charge in [-0.15, -0.1) is 11.6 Å². The van der Waals surface area contributed by atoms with Gasteiger partial charge in [-0.05, 0) is 5.56 Å². The van der Waals surface area contributed by atoms with Crippen molar-refractivity contribution in [3.63, 3.8) is 0 Å². The predicted molar refractivity (Wildman–Crippen MR) is 65.2 cm³/mol. The van der Waals surface area contributed by atoms with Crippen molar-refractivity contribution in [2.45, 2.75) is 5.88 Å². The summed E-state index contributed by atoms with van der Waals surface area (Å²) < 4.78 is 0. The van der Waals surface area contributed by atoms with Crippen LogP contribution in [0.4, 0.5) is 0 Å². The molecular formula is C7H7Cl5Sn. The van der Waals surface area contributed by atoms with Crippen LogP contribution in [0, 0.1) is 0 Å². The molecule has 13 heavy (non-hydrogen) atoms. The molecule has 0 radical (unpaired) electrons. The molecule has 1 aromatic carbocycles. The minimum absolute atomic E-state index is 0.612. The molecular weight excluding hydrogens is 380 g/mol. The van der Waals surface area contributed by atoms with Crippen molar-refractivity contribution < 1.29 is 0 Å². The number of hydrogen-bond donors (Lipinski definition) is 0. The number of hydrogen-bond acceptors (Lipinski definition) is 0. The Morgan fingerprint density at radius 3 is 1.54 bits per heavy atom. The Balaban J connectivity index is 0.000000252. The van der Waals surface area contributed by atoms with E-state index in [1.807, 2.05) is 30.3 Å². The summed E-state index contributed by atoms with van der Waals surface area (Å²) in [5.74, 6) is 0.612. The van der Waals surface area contributed by atoms with Crippen LogP contribution in [0.5, 0.6) is 0 Å². The molecule has 0 fully saturated rings. The van der Waals surface area contributed by atoms with E-state index in [9.17, 15) is 0 Å². The van der Waals surface area contributed by atoms with Crippen LogP contribution >= 0.6 is 47.3 Å². The second-order valence-electron chi connectivity index (χ2n) is 2.05. The van der Waals surface area contributed by atoms with Crippen LogP contribution < -0.4 is 0 Å². The summed E-state index contributed by atoms with van der Waals surface area (Å²) in [5.41, 5.74) is 1.18. The third kappa shape index (κ3) is 13.5. The minimum atomic E-state index is -3.29. The van der Waals surface area contributed by atoms with Crippen LogP contribution in [0.15, 0.2) is 30.3 Å². The maximum absolute atomic E-state index is 5.53. The molecule has 1 aromatic rings. The molecule has 0 aromatic heterocycles. The van der Waals surface area contributed by atoms with Crippen molar-refractivity contribution in [1.82, 2.24) is 0 Å². The van der Waals surface area contributed by atoms with Gasteiger partial charge in [-0.1, -0.05) is 30.3 Å². The van der Waals surface area contributed by atoms with Crippen molar-refractivity contribution in [2.75, 3.05) is 0 Å². The van der Waals surface area contributed by atoms with E-state index < -0.39 is 13.9 Å². The average Bonchev–Trinajstić information content (AvgIpc) is 2.03. The first-order chi connectivity index (χ1) is 5.93. The van der Waals surface area contributed by atoms with E-state index in [0.717, 1.165) is 0 Å². The first kappa shape index (κ1) is 14.5. The molecule has 0 saturated carbocycles. The standard InChI is InChI=1S/C7H7Cl.4ClH.Sn/c8-6-7-4-2-1-3-5-7;;;;;/h1-5H,6H2;4*1H;/q;;;;;+4/p-4. The molecule has 0 nitrogen and oxygen atoms in total. The summed E-state index contributed by atoms with van der Waals surface area (Å²) in [7, 11) is 20.1. The SMILES string of the molecule is ClCc1ccccc1.[Cl][Sn]([Cl])([Cl])[Cl]. The third-order valence-electron chi connectivity index (χ3n) is 0.997. The Morgan fingerprint density at radius 2 is 1.31 bits per heavy atom. The van der Waals surface area contributed by atoms with E-state index in [2.05, 4.69) is 0 Å². The molecule has 0 amide bonds. The summed E-state index contributed by atoms with van der Waals surface area (Å²) in [5, 5.41) is 0. The zero-order valence-electron chi connectivity index (χ0n) is 6.48. The van der Waals surface area contributed by atoms with Gasteiger partial charge >= 0.3 is 49.6 Å². The van der Waals surface area contributed by atoms with Crippen LogP contribution in [-0.4, -0.2) is 13.9 Å². The van der Waals surface area contributed by atoms with Gasteiger partial charge in [0, 0.05) is 5.88 Å². The molecule has 0 saturated heterocycles. The molecule has 0 bridgehead atoms. The molecule has 0 unspecified atom stereocenters. The van der Waals surface area contributed by atoms with E-state index in [1.54, 1.807) is 0 Å². The average molecular weight is 387 g/mol. The second-order valence-corrected chi connectivity index (χ2v) is 27.8. The van der Waals surface area contributed by atoms with Crippen molar-refractivity contribution in [2.24, 2.45) is 0 Å². The monoisotopic (exact) mass is 386 g/mol. The Bertz CT molecular complexity index is 214. The van der Waals surface area contributed by atoms with Gasteiger partial charge in [0.05, 0.1) is 0 Å². The van der Waals surface area contributed by atoms with Crippen LogP contribution in [-0.2, 0) is 5.88 Å². The van der Waals surface area contributed by atoms with Gasteiger partial charge in [-0.25, -0.2) is 0 Å². The third-order valence-corrected chi connectivity index (χ3v) is 1.31. The van der Waals surface area contributed by atoms with Crippen LogP contribution in [0.3, 0.4) is 0 Å². The van der Waals surface area contributed by atoms with Gasteiger partial charge in [0.1, 0.15) is 0 Å². The number of benzene rings is 1. The first-order valence-electron chi connectivity index (χ1n) is 3.29.